The first-order chi connectivity index (χ1) is 42.2. The number of likely N-dealkylation sites (N-methyl/N-ethyl adjacent to an activating group) is 7. The number of carbonyl (C=O) groups is 11. The summed E-state index contributed by atoms with van der Waals surface area (Å²) >= 11 is 0. The summed E-state index contributed by atoms with van der Waals surface area (Å²) in [5.74, 6) is -10.9. The molecule has 0 saturated carbocycles. The molecule has 1 aromatic rings. The van der Waals surface area contributed by atoms with Gasteiger partial charge in [-0.15, -0.1) is 0 Å². The van der Waals surface area contributed by atoms with Crippen molar-refractivity contribution in [3.63, 3.8) is 0 Å². The zero-order valence-corrected chi connectivity index (χ0v) is 60.1. The number of nitrogens with one attached hydrogen (secondary N) is 1. The third-order valence-corrected chi connectivity index (χ3v) is 18.6. The highest BCUT2D eigenvalue weighted by Crippen LogP contribution is 2.30. The quantitative estimate of drug-likeness (QED) is 0.155. The topological polar surface area (TPSA) is 256 Å². The molecule has 2 rings (SSSR count). The fourth-order valence-electron chi connectivity index (χ4n) is 12.6. The third-order valence-electron chi connectivity index (χ3n) is 18.6. The summed E-state index contributed by atoms with van der Waals surface area (Å²) in [6.07, 6.45) is 1.79. The molecule has 0 spiro atoms. The zero-order valence-electron chi connectivity index (χ0n) is 60.1. The van der Waals surface area contributed by atoms with Crippen LogP contribution in [0.2, 0.25) is 0 Å². The molecule has 0 bridgehead atoms. The predicted molar refractivity (Wildman–Crippen MR) is 354 cm³/mol. The molecule has 2 N–H and O–H groups in total. The highest BCUT2D eigenvalue weighted by Gasteiger charge is 2.46. The normalized spacial score (nSPS) is 26.9. The lowest BCUT2D eigenvalue weighted by molar-refractivity contribution is -0.157. The summed E-state index contributed by atoms with van der Waals surface area (Å²) in [4.78, 5) is 176. The molecule has 21 nitrogen and oxygen atoms in total. The number of nitrogens with zero attached hydrogens (tertiary/aromatic N) is 8. The Morgan fingerprint density at radius 2 is 0.945 bits per heavy atom. The van der Waals surface area contributed by atoms with Gasteiger partial charge in [0.25, 0.3) is 0 Å². The fourth-order valence-corrected chi connectivity index (χ4v) is 12.6. The molecule has 516 valence electrons. The first-order valence-corrected chi connectivity index (χ1v) is 33.5. The van der Waals surface area contributed by atoms with E-state index in [9.17, 15) is 38.7 Å². The Hall–Kier alpha value is -6.12. The number of ketones is 3. The Labute approximate surface area is 546 Å². The minimum Gasteiger partial charge on any atom is -0.390 e. The second kappa shape index (κ2) is 36.9. The monoisotopic (exact) mass is 1280 g/mol. The van der Waals surface area contributed by atoms with Gasteiger partial charge in [-0.3, -0.25) is 57.7 Å². The van der Waals surface area contributed by atoms with Crippen molar-refractivity contribution in [3.05, 3.63) is 30.1 Å². The van der Waals surface area contributed by atoms with Gasteiger partial charge in [0.05, 0.1) is 18.2 Å². The maximum absolute atomic E-state index is 15.4. The molecule has 21 heteroatoms. The highest BCUT2D eigenvalue weighted by molar-refractivity contribution is 6.00. The van der Waals surface area contributed by atoms with Gasteiger partial charge in [0.2, 0.25) is 47.3 Å². The number of carbonyl (C=O) groups excluding carboxylic acids is 11. The summed E-state index contributed by atoms with van der Waals surface area (Å²) in [7, 11) is 10.3. The van der Waals surface area contributed by atoms with Crippen LogP contribution in [0.4, 0.5) is 0 Å². The van der Waals surface area contributed by atoms with Crippen LogP contribution in [0.1, 0.15) is 188 Å². The van der Waals surface area contributed by atoms with Crippen molar-refractivity contribution >= 4 is 64.6 Å². The number of Topliss-reactive ketones (excluding diaryl/α,β-unsaturated/α-hetero) is 3. The minimum absolute atomic E-state index is 0.0716. The number of amides is 8. The van der Waals surface area contributed by atoms with Crippen LogP contribution in [0.5, 0.6) is 0 Å². The summed E-state index contributed by atoms with van der Waals surface area (Å²) < 4.78 is 0. The molecular weight excluding hydrogens is 1160 g/mol. The summed E-state index contributed by atoms with van der Waals surface area (Å²) in [6.45, 7) is 30.4. The van der Waals surface area contributed by atoms with Crippen LogP contribution in [-0.2, 0) is 59.2 Å². The summed E-state index contributed by atoms with van der Waals surface area (Å²) in [6, 6.07) is -3.75. The Morgan fingerprint density at radius 3 is 1.41 bits per heavy atom. The third kappa shape index (κ3) is 22.6. The summed E-state index contributed by atoms with van der Waals surface area (Å²) in [5, 5.41) is 15.2. The van der Waals surface area contributed by atoms with Gasteiger partial charge in [-0.05, 0) is 119 Å². The molecule has 91 heavy (non-hydrogen) atoms. The number of aliphatic hydroxyl groups is 1. The molecule has 1 aromatic heterocycles. The standard InChI is InChI=1S/C70H119N9O12/c1-25-50-38-59(82)61(62(83)46(14)29-28-31-51-30-26-27-32-71-51)79(24)70(91)60(45(12)13)78(23)69(90)56(36-43(8)9)77(22)68(89)55(35-42(6)7)76(21)64(85)48(16)72-63(84)47(15)37-57(80)53(33-40(2)3)75(20)67(88)52(44(10)11)39-58(81)54(34-41(4)5)74(19)65(86)49(17)73(18)66(50)87/h26-27,30,32,40-50,52-56,60-62,83H,25,28-29,31,33-39H2,1-24H3,(H,72,84)/t46-,47+,48+,49-,50+,52-,53-,54+,55-,56-,60-,61+,62-/m1/s1. The van der Waals surface area contributed by atoms with Crippen molar-refractivity contribution in [1.29, 1.82) is 0 Å². The van der Waals surface area contributed by atoms with Gasteiger partial charge in [0.1, 0.15) is 36.3 Å². The van der Waals surface area contributed by atoms with Crippen LogP contribution in [-0.4, -0.2) is 213 Å². The molecule has 1 aliphatic heterocycles. The number of hydrogen-bond acceptors (Lipinski definition) is 13. The number of aromatic nitrogens is 1. The molecular formula is C70H119N9O12. The smallest absolute Gasteiger partial charge is 0.246 e. The maximum Gasteiger partial charge on any atom is 0.246 e. The highest BCUT2D eigenvalue weighted by atomic mass is 16.3. The Bertz CT molecular complexity index is 2610. The van der Waals surface area contributed by atoms with Crippen LogP contribution in [0.15, 0.2) is 24.4 Å². The second-order valence-corrected chi connectivity index (χ2v) is 28.8. The summed E-state index contributed by atoms with van der Waals surface area (Å²) in [5.41, 5.74) is 0.843. The van der Waals surface area contributed by atoms with Crippen LogP contribution in [0, 0.1) is 59.2 Å². The number of aryl methyl sites for hydroxylation is 1. The molecule has 13 atom stereocenters. The average molecular weight is 1280 g/mol. The van der Waals surface area contributed by atoms with Gasteiger partial charge in [0.15, 0.2) is 17.3 Å². The Kier molecular flexibility index (Phi) is 32.9. The molecule has 0 aliphatic carbocycles. The van der Waals surface area contributed by atoms with Crippen LogP contribution >= 0.6 is 0 Å². The predicted octanol–water partition coefficient (Wildman–Crippen LogP) is 7.38. The van der Waals surface area contributed by atoms with Crippen molar-refractivity contribution in [2.45, 2.75) is 243 Å². The van der Waals surface area contributed by atoms with E-state index in [1.54, 1.807) is 47.7 Å². The average Bonchev–Trinajstić information content (AvgIpc) is 0.883. The first kappa shape index (κ1) is 81.0. The molecule has 0 aromatic carbocycles. The molecule has 1 aliphatic rings. The molecule has 1 fully saturated rings. The Morgan fingerprint density at radius 1 is 0.495 bits per heavy atom. The number of aliphatic hydroxyl groups excluding tert-OH is 1. The van der Waals surface area contributed by atoms with E-state index in [1.807, 2.05) is 87.4 Å². The minimum atomic E-state index is -1.51. The lowest BCUT2D eigenvalue weighted by Gasteiger charge is -2.41. The van der Waals surface area contributed by atoms with Crippen molar-refractivity contribution in [2.75, 3.05) is 49.3 Å². The zero-order chi connectivity index (χ0) is 70.0. The number of hydrogen-bond donors (Lipinski definition) is 2. The van der Waals surface area contributed by atoms with Gasteiger partial charge < -0.3 is 44.7 Å². The molecule has 8 amide bonds. The fraction of sp³-hybridized carbons (Fsp3) is 0.771. The number of pyridine rings is 1. The first-order valence-electron chi connectivity index (χ1n) is 33.5. The van der Waals surface area contributed by atoms with Gasteiger partial charge in [-0.1, -0.05) is 110 Å². The Balaban J connectivity index is 3.00. The lowest BCUT2D eigenvalue weighted by atomic mass is 9.84. The number of rotatable bonds is 17. The van der Waals surface area contributed by atoms with Crippen LogP contribution in [0.3, 0.4) is 0 Å². The van der Waals surface area contributed by atoms with E-state index in [0.717, 1.165) is 5.69 Å². The van der Waals surface area contributed by atoms with Crippen molar-refractivity contribution in [3.8, 4) is 0 Å². The van der Waals surface area contributed by atoms with Crippen LogP contribution in [0.25, 0.3) is 0 Å². The lowest BCUT2D eigenvalue weighted by Crippen LogP contribution is -2.61. The van der Waals surface area contributed by atoms with E-state index in [4.69, 9.17) is 0 Å². The van der Waals surface area contributed by atoms with E-state index >= 15 is 19.2 Å². The van der Waals surface area contributed by atoms with E-state index < -0.39 is 155 Å². The van der Waals surface area contributed by atoms with Gasteiger partial charge in [0, 0.05) is 98.2 Å². The molecule has 0 radical (unpaired) electrons. The molecule has 0 unspecified atom stereocenters. The van der Waals surface area contributed by atoms with Crippen molar-refractivity contribution < 1.29 is 57.8 Å². The van der Waals surface area contributed by atoms with Gasteiger partial charge >= 0.3 is 0 Å². The van der Waals surface area contributed by atoms with E-state index in [1.165, 1.54) is 90.6 Å². The molecule has 1 saturated heterocycles. The van der Waals surface area contributed by atoms with Crippen LogP contribution < -0.4 is 5.32 Å². The van der Waals surface area contributed by atoms with Crippen molar-refractivity contribution in [2.24, 2.45) is 59.2 Å². The van der Waals surface area contributed by atoms with Gasteiger partial charge in [-0.2, -0.15) is 0 Å². The van der Waals surface area contributed by atoms with E-state index in [2.05, 4.69) is 10.3 Å². The SMILES string of the molecule is CC[C@H]1CC(=O)[C@@H]([C@H](O)[C@H](C)CCCc2ccccn2)N(C)C(=O)[C@@H](C(C)C)N(C)C(=O)[C@@H](CC(C)C)N(C)C(=O)[C@@H](CC(C)C)N(C)C(=O)[C@H](C)NC(=O)[C@@H](C)CC(=O)[C@@H](CC(C)C)N(C)C(=O)[C@@H](C(C)C)CC(=O)[C@H](CC(C)C)N(C)C(=O)[C@@H](C)N(C)C1=O. The second-order valence-electron chi connectivity index (χ2n) is 28.8. The van der Waals surface area contributed by atoms with Gasteiger partial charge in [-0.25, -0.2) is 0 Å². The largest absolute Gasteiger partial charge is 0.390 e. The maximum atomic E-state index is 15.4. The molecule has 2 heterocycles. The van der Waals surface area contributed by atoms with Crippen molar-refractivity contribution in [1.82, 2.24) is 44.6 Å². The van der Waals surface area contributed by atoms with E-state index in [0.29, 0.717) is 19.3 Å². The van der Waals surface area contributed by atoms with E-state index in [-0.39, 0.29) is 74.4 Å².